The summed E-state index contributed by atoms with van der Waals surface area (Å²) in [4.78, 5) is 8.95. The number of fused-ring (bicyclic) bond motifs is 1. The van der Waals surface area contributed by atoms with Crippen molar-refractivity contribution in [3.63, 3.8) is 0 Å². The highest BCUT2D eigenvalue weighted by atomic mass is 16.3. The maximum absolute atomic E-state index is 9.02. The van der Waals surface area contributed by atoms with Crippen LogP contribution >= 0.6 is 0 Å². The Labute approximate surface area is 128 Å². The molecule has 7 heteroatoms. The number of benzene rings is 1. The number of aliphatic hydroxyl groups excluding tert-OH is 1. The van der Waals surface area contributed by atoms with E-state index in [4.69, 9.17) is 5.11 Å². The fraction of sp³-hybridized carbons (Fsp3) is 0.333. The van der Waals surface area contributed by atoms with E-state index in [0.717, 1.165) is 16.7 Å². The molecule has 0 saturated heterocycles. The molecule has 0 amide bonds. The number of rotatable bonds is 6. The van der Waals surface area contributed by atoms with Gasteiger partial charge in [0, 0.05) is 20.1 Å². The first-order valence-electron chi connectivity index (χ1n) is 7.25. The Kier molecular flexibility index (Phi) is 4.36. The second-order valence-corrected chi connectivity index (χ2v) is 5.07. The Hall–Kier alpha value is -2.38. The SMILES string of the molecule is Cn1cnc2c1=NCN(NCCO)C=2NCc1ccccc1. The van der Waals surface area contributed by atoms with Gasteiger partial charge in [-0.1, -0.05) is 30.3 Å². The van der Waals surface area contributed by atoms with Gasteiger partial charge in [-0.25, -0.2) is 15.4 Å². The molecule has 1 aromatic carbocycles. The summed E-state index contributed by atoms with van der Waals surface area (Å²) >= 11 is 0. The second kappa shape index (κ2) is 6.59. The van der Waals surface area contributed by atoms with E-state index in [9.17, 15) is 0 Å². The lowest BCUT2D eigenvalue weighted by Gasteiger charge is -2.28. The monoisotopic (exact) mass is 300 g/mol. The Morgan fingerprint density at radius 1 is 1.27 bits per heavy atom. The van der Waals surface area contributed by atoms with Crippen molar-refractivity contribution in [1.29, 1.82) is 0 Å². The lowest BCUT2D eigenvalue weighted by Crippen LogP contribution is -2.52. The fourth-order valence-electron chi connectivity index (χ4n) is 2.39. The van der Waals surface area contributed by atoms with E-state index in [2.05, 4.69) is 32.9 Å². The number of aromatic nitrogens is 2. The second-order valence-electron chi connectivity index (χ2n) is 5.07. The molecule has 0 bridgehead atoms. The lowest BCUT2D eigenvalue weighted by molar-refractivity contribution is 0.218. The van der Waals surface area contributed by atoms with Crippen molar-refractivity contribution < 1.29 is 5.11 Å². The molecule has 0 fully saturated rings. The van der Waals surface area contributed by atoms with E-state index in [1.807, 2.05) is 34.8 Å². The van der Waals surface area contributed by atoms with Gasteiger partial charge in [0.05, 0.1) is 12.9 Å². The number of aryl methyl sites for hydroxylation is 1. The minimum absolute atomic E-state index is 0.0670. The molecule has 3 N–H and O–H groups in total. The van der Waals surface area contributed by atoms with Gasteiger partial charge in [-0.2, -0.15) is 0 Å². The Balaban J connectivity index is 1.89. The molecule has 1 aromatic heterocycles. The number of hydrogen-bond acceptors (Lipinski definition) is 6. The van der Waals surface area contributed by atoms with Crippen molar-refractivity contribution in [2.45, 2.75) is 6.54 Å². The van der Waals surface area contributed by atoms with Crippen LogP contribution in [0, 0.1) is 0 Å². The zero-order chi connectivity index (χ0) is 15.4. The van der Waals surface area contributed by atoms with Gasteiger partial charge in [-0.05, 0) is 5.56 Å². The number of hydrogen-bond donors (Lipinski definition) is 3. The summed E-state index contributed by atoms with van der Waals surface area (Å²) in [6, 6.07) is 10.2. The van der Waals surface area contributed by atoms with E-state index >= 15 is 0 Å². The normalized spacial score (nSPS) is 13.7. The molecule has 0 aliphatic carbocycles. The summed E-state index contributed by atoms with van der Waals surface area (Å²) in [6.45, 7) is 1.71. The molecule has 7 nitrogen and oxygen atoms in total. The summed E-state index contributed by atoms with van der Waals surface area (Å²) in [5.41, 5.74) is 5.20. The van der Waals surface area contributed by atoms with Crippen molar-refractivity contribution in [3.05, 3.63) is 53.1 Å². The summed E-state index contributed by atoms with van der Waals surface area (Å²) in [5, 5.41) is 15.1. The van der Waals surface area contributed by atoms with Crippen molar-refractivity contribution in [2.75, 3.05) is 19.8 Å². The van der Waals surface area contributed by atoms with E-state index in [1.54, 1.807) is 6.33 Å². The third kappa shape index (κ3) is 2.95. The molecule has 1 aliphatic heterocycles. The average molecular weight is 300 g/mol. The molecule has 0 saturated carbocycles. The van der Waals surface area contributed by atoms with Gasteiger partial charge >= 0.3 is 0 Å². The Bertz CT molecular complexity index is 739. The molecule has 3 rings (SSSR count). The third-order valence-corrected chi connectivity index (χ3v) is 3.48. The molecule has 2 aromatic rings. The first-order valence-corrected chi connectivity index (χ1v) is 7.25. The maximum Gasteiger partial charge on any atom is 0.160 e. The van der Waals surface area contributed by atoms with Crippen LogP contribution in [0.5, 0.6) is 0 Å². The first-order chi connectivity index (χ1) is 10.8. The van der Waals surface area contributed by atoms with Crippen LogP contribution in [0.2, 0.25) is 0 Å². The summed E-state index contributed by atoms with van der Waals surface area (Å²) in [7, 11) is 1.93. The highest BCUT2D eigenvalue weighted by Crippen LogP contribution is 2.03. The van der Waals surface area contributed by atoms with Crippen LogP contribution in [0.3, 0.4) is 0 Å². The average Bonchev–Trinajstić information content (AvgIpc) is 2.93. The summed E-state index contributed by atoms with van der Waals surface area (Å²) < 4.78 is 1.91. The van der Waals surface area contributed by atoms with Gasteiger partial charge in [0.15, 0.2) is 5.49 Å². The first kappa shape index (κ1) is 14.6. The van der Waals surface area contributed by atoms with E-state index in [1.165, 1.54) is 5.56 Å². The van der Waals surface area contributed by atoms with Crippen LogP contribution in [0.1, 0.15) is 5.56 Å². The van der Waals surface area contributed by atoms with Gasteiger partial charge in [0.25, 0.3) is 0 Å². The predicted molar refractivity (Wildman–Crippen MR) is 82.5 cm³/mol. The molecule has 0 spiro atoms. The van der Waals surface area contributed by atoms with E-state index in [0.29, 0.717) is 19.8 Å². The van der Waals surface area contributed by atoms with E-state index in [-0.39, 0.29) is 6.61 Å². The lowest BCUT2D eigenvalue weighted by atomic mass is 10.2. The van der Waals surface area contributed by atoms with Gasteiger partial charge < -0.3 is 15.0 Å². The minimum atomic E-state index is 0.0670. The Morgan fingerprint density at radius 3 is 2.86 bits per heavy atom. The highest BCUT2D eigenvalue weighted by molar-refractivity contribution is 5.38. The van der Waals surface area contributed by atoms with Crippen molar-refractivity contribution in [2.24, 2.45) is 12.0 Å². The third-order valence-electron chi connectivity index (χ3n) is 3.48. The van der Waals surface area contributed by atoms with Crippen LogP contribution in [0.25, 0.3) is 5.82 Å². The van der Waals surface area contributed by atoms with Crippen molar-refractivity contribution >= 4 is 5.82 Å². The molecule has 0 atom stereocenters. The maximum atomic E-state index is 9.02. The van der Waals surface area contributed by atoms with Gasteiger partial charge in [0.2, 0.25) is 0 Å². The number of aliphatic hydroxyl groups is 1. The zero-order valence-corrected chi connectivity index (χ0v) is 12.5. The fourth-order valence-corrected chi connectivity index (χ4v) is 2.39. The number of imidazole rings is 1. The standard InChI is InChI=1S/C15H20N6O/c1-20-10-17-13-14(20)18-11-21(19-7-8-22)15(13)16-9-12-5-3-2-4-6-12/h2-6,10,16,19,22H,7-9,11H2,1H3. The van der Waals surface area contributed by atoms with Crippen LogP contribution in [-0.2, 0) is 13.6 Å². The summed E-state index contributed by atoms with van der Waals surface area (Å²) in [6.07, 6.45) is 1.76. The van der Waals surface area contributed by atoms with Gasteiger partial charge in [-0.3, -0.25) is 5.01 Å². The van der Waals surface area contributed by atoms with Crippen molar-refractivity contribution in [1.82, 2.24) is 25.3 Å². The molecule has 116 valence electrons. The smallest absolute Gasteiger partial charge is 0.160 e. The highest BCUT2D eigenvalue weighted by Gasteiger charge is 2.16. The molecule has 0 unspecified atom stereocenters. The molecular weight excluding hydrogens is 280 g/mol. The molecule has 22 heavy (non-hydrogen) atoms. The molecule has 2 heterocycles. The number of hydrazine groups is 1. The minimum Gasteiger partial charge on any atom is -0.395 e. The molecular formula is C15H20N6O. The van der Waals surface area contributed by atoms with Gasteiger partial charge in [0.1, 0.15) is 17.8 Å². The number of nitrogens with zero attached hydrogens (tertiary/aromatic N) is 4. The van der Waals surface area contributed by atoms with Crippen LogP contribution in [0.15, 0.2) is 41.7 Å². The van der Waals surface area contributed by atoms with Crippen LogP contribution in [-0.4, -0.2) is 39.5 Å². The number of nitrogens with one attached hydrogen (secondary N) is 2. The van der Waals surface area contributed by atoms with Crippen LogP contribution in [0.4, 0.5) is 0 Å². The molecule has 0 radical (unpaired) electrons. The van der Waals surface area contributed by atoms with Crippen LogP contribution < -0.4 is 21.6 Å². The largest absolute Gasteiger partial charge is 0.395 e. The van der Waals surface area contributed by atoms with Gasteiger partial charge in [-0.15, -0.1) is 0 Å². The molecule has 1 aliphatic rings. The zero-order valence-electron chi connectivity index (χ0n) is 12.5. The Morgan fingerprint density at radius 2 is 2.09 bits per heavy atom. The predicted octanol–water partition coefficient (Wildman–Crippen LogP) is -1.33. The summed E-state index contributed by atoms with van der Waals surface area (Å²) in [5.74, 6) is 0.878. The van der Waals surface area contributed by atoms with E-state index < -0.39 is 0 Å². The quantitative estimate of drug-likeness (QED) is 0.616. The van der Waals surface area contributed by atoms with Crippen molar-refractivity contribution in [3.8, 4) is 0 Å². The topological polar surface area (TPSA) is 77.7 Å².